The molecule has 0 atom stereocenters. The van der Waals surface area contributed by atoms with Gasteiger partial charge < -0.3 is 0 Å². The van der Waals surface area contributed by atoms with Crippen LogP contribution in [0.25, 0.3) is 0 Å². The van der Waals surface area contributed by atoms with Crippen molar-refractivity contribution in [1.29, 1.82) is 0 Å². The van der Waals surface area contributed by atoms with Gasteiger partial charge in [0.15, 0.2) is 0 Å². The highest BCUT2D eigenvalue weighted by Gasteiger charge is 2.26. The lowest BCUT2D eigenvalue weighted by Crippen LogP contribution is -2.23. The van der Waals surface area contributed by atoms with Gasteiger partial charge in [0.05, 0.1) is 4.90 Å². The van der Waals surface area contributed by atoms with Crippen molar-refractivity contribution in [2.75, 3.05) is 0 Å². The van der Waals surface area contributed by atoms with Crippen LogP contribution < -0.4 is 0 Å². The fourth-order valence-corrected chi connectivity index (χ4v) is 2.82. The van der Waals surface area contributed by atoms with Gasteiger partial charge in [-0.3, -0.25) is 4.55 Å². The zero-order valence-corrected chi connectivity index (χ0v) is 11.4. The molecule has 1 aromatic carbocycles. The van der Waals surface area contributed by atoms with Crippen LogP contribution in [0.1, 0.15) is 45.6 Å². The molecule has 17 heavy (non-hydrogen) atoms. The average Bonchev–Trinajstić information content (AvgIpc) is 2.32. The van der Waals surface area contributed by atoms with E-state index in [0.29, 0.717) is 0 Å². The summed E-state index contributed by atoms with van der Waals surface area (Å²) in [6.45, 7) is 6.43. The first-order chi connectivity index (χ1) is 7.89. The molecular weight excluding hydrogens is 236 g/mol. The molecule has 0 saturated carbocycles. The van der Waals surface area contributed by atoms with E-state index < -0.39 is 10.1 Å². The first kappa shape index (κ1) is 14.2. The standard InChI is InChI=1S/C13H20O3S/c1-4-13(5-2,6-3)11-7-9-12(10-8-11)17(14,15)16/h7-10H,4-6H2,1-3H3,(H,14,15,16). The number of benzene rings is 1. The highest BCUT2D eigenvalue weighted by atomic mass is 32.2. The minimum atomic E-state index is -4.09. The van der Waals surface area contributed by atoms with Gasteiger partial charge >= 0.3 is 0 Å². The van der Waals surface area contributed by atoms with Crippen LogP contribution in [-0.4, -0.2) is 13.0 Å². The van der Waals surface area contributed by atoms with E-state index in [-0.39, 0.29) is 10.3 Å². The maximum Gasteiger partial charge on any atom is 0.294 e. The van der Waals surface area contributed by atoms with Crippen molar-refractivity contribution in [3.8, 4) is 0 Å². The third-order valence-corrected chi connectivity index (χ3v) is 4.66. The highest BCUT2D eigenvalue weighted by Crippen LogP contribution is 2.35. The Morgan fingerprint density at radius 1 is 1.00 bits per heavy atom. The molecule has 96 valence electrons. The van der Waals surface area contributed by atoms with Crippen LogP contribution in [0.2, 0.25) is 0 Å². The molecule has 0 bridgehead atoms. The van der Waals surface area contributed by atoms with Gasteiger partial charge in [0.2, 0.25) is 0 Å². The predicted molar refractivity (Wildman–Crippen MR) is 68.8 cm³/mol. The maximum absolute atomic E-state index is 11.0. The molecular formula is C13H20O3S. The Labute approximate surface area is 104 Å². The molecule has 3 nitrogen and oxygen atoms in total. The summed E-state index contributed by atoms with van der Waals surface area (Å²) in [5.74, 6) is 0. The first-order valence-electron chi connectivity index (χ1n) is 5.97. The van der Waals surface area contributed by atoms with Crippen LogP contribution in [0.5, 0.6) is 0 Å². The molecule has 0 unspecified atom stereocenters. The summed E-state index contributed by atoms with van der Waals surface area (Å²) in [4.78, 5) is -0.0431. The smallest absolute Gasteiger partial charge is 0.282 e. The van der Waals surface area contributed by atoms with Gasteiger partial charge in [-0.2, -0.15) is 8.42 Å². The highest BCUT2D eigenvalue weighted by molar-refractivity contribution is 7.85. The molecule has 1 N–H and O–H groups in total. The lowest BCUT2D eigenvalue weighted by atomic mass is 9.74. The normalized spacial score (nSPS) is 12.7. The second kappa shape index (κ2) is 5.19. The van der Waals surface area contributed by atoms with Crippen LogP contribution in [0, 0.1) is 0 Å². The zero-order valence-electron chi connectivity index (χ0n) is 10.6. The lowest BCUT2D eigenvalue weighted by molar-refractivity contribution is 0.381. The minimum Gasteiger partial charge on any atom is -0.282 e. The van der Waals surface area contributed by atoms with E-state index in [9.17, 15) is 8.42 Å². The van der Waals surface area contributed by atoms with Crippen molar-refractivity contribution in [2.24, 2.45) is 0 Å². The summed E-state index contributed by atoms with van der Waals surface area (Å²) in [5.41, 5.74) is 1.25. The number of hydrogen-bond acceptors (Lipinski definition) is 2. The zero-order chi connectivity index (χ0) is 13.1. The van der Waals surface area contributed by atoms with Gasteiger partial charge in [0.1, 0.15) is 0 Å². The second-order valence-corrected chi connectivity index (χ2v) is 5.76. The molecule has 0 heterocycles. The number of hydrogen-bond donors (Lipinski definition) is 1. The predicted octanol–water partition coefficient (Wildman–Crippen LogP) is 3.40. The van der Waals surface area contributed by atoms with Crippen LogP contribution in [-0.2, 0) is 15.5 Å². The molecule has 1 rings (SSSR count). The molecule has 0 fully saturated rings. The molecule has 0 radical (unpaired) electrons. The quantitative estimate of drug-likeness (QED) is 0.821. The third-order valence-electron chi connectivity index (χ3n) is 3.79. The van der Waals surface area contributed by atoms with Crippen LogP contribution in [0.4, 0.5) is 0 Å². The molecule has 0 spiro atoms. The fraction of sp³-hybridized carbons (Fsp3) is 0.538. The van der Waals surface area contributed by atoms with Crippen molar-refractivity contribution in [3.63, 3.8) is 0 Å². The van der Waals surface area contributed by atoms with Gasteiger partial charge in [-0.25, -0.2) is 0 Å². The van der Waals surface area contributed by atoms with Gasteiger partial charge in [0, 0.05) is 0 Å². The van der Waals surface area contributed by atoms with Crippen LogP contribution in [0.15, 0.2) is 29.2 Å². The largest absolute Gasteiger partial charge is 0.294 e. The summed E-state index contributed by atoms with van der Waals surface area (Å²) in [7, 11) is -4.09. The van der Waals surface area contributed by atoms with E-state index in [4.69, 9.17) is 4.55 Å². The Balaban J connectivity index is 3.18. The third kappa shape index (κ3) is 2.87. The van der Waals surface area contributed by atoms with Crippen molar-refractivity contribution in [2.45, 2.75) is 50.3 Å². The topological polar surface area (TPSA) is 54.4 Å². The molecule has 0 saturated heterocycles. The maximum atomic E-state index is 11.0. The molecule has 0 aliphatic rings. The van der Waals surface area contributed by atoms with Crippen molar-refractivity contribution in [3.05, 3.63) is 29.8 Å². The van der Waals surface area contributed by atoms with E-state index in [1.54, 1.807) is 12.1 Å². The van der Waals surface area contributed by atoms with Crippen molar-refractivity contribution < 1.29 is 13.0 Å². The van der Waals surface area contributed by atoms with Gasteiger partial charge in [0.25, 0.3) is 10.1 Å². The molecule has 0 aromatic heterocycles. The Morgan fingerprint density at radius 2 is 1.41 bits per heavy atom. The molecule has 1 aromatic rings. The Hall–Kier alpha value is -0.870. The number of rotatable bonds is 5. The van der Waals surface area contributed by atoms with Gasteiger partial charge in [-0.15, -0.1) is 0 Å². The fourth-order valence-electron chi connectivity index (χ4n) is 2.34. The Kier molecular flexibility index (Phi) is 4.33. The summed E-state index contributed by atoms with van der Waals surface area (Å²) < 4.78 is 30.8. The van der Waals surface area contributed by atoms with Crippen molar-refractivity contribution in [1.82, 2.24) is 0 Å². The summed E-state index contributed by atoms with van der Waals surface area (Å²) in [6.07, 6.45) is 3.06. The Bertz CT molecular complexity index is 448. The van der Waals surface area contributed by atoms with Crippen molar-refractivity contribution >= 4 is 10.1 Å². The second-order valence-electron chi connectivity index (χ2n) is 4.34. The summed E-state index contributed by atoms with van der Waals surface area (Å²) in [5, 5.41) is 0. The average molecular weight is 256 g/mol. The molecule has 4 heteroatoms. The Morgan fingerprint density at radius 3 is 1.71 bits per heavy atom. The first-order valence-corrected chi connectivity index (χ1v) is 7.41. The SMILES string of the molecule is CCC(CC)(CC)c1ccc(S(=O)(=O)O)cc1. The monoisotopic (exact) mass is 256 g/mol. The van der Waals surface area contributed by atoms with Gasteiger partial charge in [-0.1, -0.05) is 32.9 Å². The molecule has 0 amide bonds. The van der Waals surface area contributed by atoms with E-state index in [1.807, 2.05) is 0 Å². The van der Waals surface area contributed by atoms with E-state index in [0.717, 1.165) is 24.8 Å². The molecule has 0 aliphatic carbocycles. The minimum absolute atomic E-state index is 0.0431. The summed E-state index contributed by atoms with van der Waals surface area (Å²) in [6, 6.07) is 6.56. The summed E-state index contributed by atoms with van der Waals surface area (Å²) >= 11 is 0. The lowest BCUT2D eigenvalue weighted by Gasteiger charge is -2.31. The van der Waals surface area contributed by atoms with E-state index in [1.165, 1.54) is 12.1 Å². The van der Waals surface area contributed by atoms with Crippen LogP contribution in [0.3, 0.4) is 0 Å². The van der Waals surface area contributed by atoms with Gasteiger partial charge in [-0.05, 0) is 42.4 Å². The van der Waals surface area contributed by atoms with E-state index >= 15 is 0 Å². The molecule has 0 aliphatic heterocycles. The van der Waals surface area contributed by atoms with Crippen LogP contribution >= 0.6 is 0 Å². The van der Waals surface area contributed by atoms with E-state index in [2.05, 4.69) is 20.8 Å².